The normalized spacial score (nSPS) is 20.3. The molecule has 1 aromatic carbocycles. The zero-order valence-corrected chi connectivity index (χ0v) is 18.5. The molecule has 0 radical (unpaired) electrons. The van der Waals surface area contributed by atoms with E-state index in [1.54, 1.807) is 9.47 Å². The average Bonchev–Trinajstić information content (AvgIpc) is 2.78. The molecule has 170 valence electrons. The summed E-state index contributed by atoms with van der Waals surface area (Å²) in [5.41, 5.74) is 8.71. The number of nitrogens with two attached hydrogens (primary N) is 1. The van der Waals surface area contributed by atoms with Gasteiger partial charge in [-0.25, -0.2) is 9.78 Å². The van der Waals surface area contributed by atoms with E-state index in [1.807, 2.05) is 18.2 Å². The summed E-state index contributed by atoms with van der Waals surface area (Å²) in [6.07, 6.45) is 8.86. The largest absolute Gasteiger partial charge is 0.446 e. The third-order valence-electron chi connectivity index (χ3n) is 7.39. The minimum absolute atomic E-state index is 0.0118. The molecule has 5 rings (SSSR count). The van der Waals surface area contributed by atoms with Gasteiger partial charge >= 0.3 is 6.09 Å². The van der Waals surface area contributed by atoms with Crippen molar-refractivity contribution in [2.45, 2.75) is 76.5 Å². The summed E-state index contributed by atoms with van der Waals surface area (Å²) in [6.45, 7) is 0.749. The van der Waals surface area contributed by atoms with Gasteiger partial charge in [-0.3, -0.25) is 9.36 Å². The highest BCUT2D eigenvalue weighted by atomic mass is 16.6. The van der Waals surface area contributed by atoms with Gasteiger partial charge < -0.3 is 15.4 Å². The van der Waals surface area contributed by atoms with Crippen LogP contribution in [0.1, 0.15) is 74.2 Å². The highest BCUT2D eigenvalue weighted by molar-refractivity contribution is 5.68. The van der Waals surface area contributed by atoms with Crippen molar-refractivity contribution in [2.24, 2.45) is 5.92 Å². The summed E-state index contributed by atoms with van der Waals surface area (Å²) in [7, 11) is 0. The number of aromatic nitrogens is 2. The van der Waals surface area contributed by atoms with Gasteiger partial charge in [0, 0.05) is 12.1 Å². The number of carbonyl (C=O) groups excluding carboxylic acids is 1. The summed E-state index contributed by atoms with van der Waals surface area (Å²) in [4.78, 5) is 32.6. The molecule has 2 aliphatic carbocycles. The Kier molecular flexibility index (Phi) is 5.89. The van der Waals surface area contributed by atoms with E-state index in [-0.39, 0.29) is 36.3 Å². The van der Waals surface area contributed by atoms with Gasteiger partial charge in [-0.2, -0.15) is 0 Å². The van der Waals surface area contributed by atoms with E-state index in [0.717, 1.165) is 44.1 Å². The maximum absolute atomic E-state index is 13.6. The minimum atomic E-state index is -0.302. The number of ether oxygens (including phenoxy) is 1. The maximum Gasteiger partial charge on any atom is 0.410 e. The Morgan fingerprint density at radius 1 is 1.06 bits per heavy atom. The molecule has 32 heavy (non-hydrogen) atoms. The van der Waals surface area contributed by atoms with Crippen molar-refractivity contribution in [3.63, 3.8) is 0 Å². The molecule has 2 aromatic rings. The lowest BCUT2D eigenvalue weighted by Gasteiger charge is -2.37. The average molecular weight is 437 g/mol. The first kappa shape index (κ1) is 21.0. The van der Waals surface area contributed by atoms with E-state index < -0.39 is 0 Å². The van der Waals surface area contributed by atoms with E-state index >= 15 is 0 Å². The lowest BCUT2D eigenvalue weighted by Crippen LogP contribution is -2.44. The molecule has 1 aliphatic heterocycles. The number of nitrogen functional groups attached to an aromatic ring is 1. The smallest absolute Gasteiger partial charge is 0.410 e. The van der Waals surface area contributed by atoms with Crippen LogP contribution in [0.15, 0.2) is 35.1 Å². The van der Waals surface area contributed by atoms with Gasteiger partial charge in [-0.15, -0.1) is 0 Å². The first-order chi connectivity index (χ1) is 15.6. The van der Waals surface area contributed by atoms with E-state index in [4.69, 9.17) is 10.5 Å². The van der Waals surface area contributed by atoms with Crippen LogP contribution in [0.5, 0.6) is 0 Å². The van der Waals surface area contributed by atoms with Crippen molar-refractivity contribution in [3.8, 4) is 0 Å². The van der Waals surface area contributed by atoms with Crippen LogP contribution in [0, 0.1) is 5.92 Å². The van der Waals surface area contributed by atoms with Crippen molar-refractivity contribution in [2.75, 3.05) is 12.3 Å². The second kappa shape index (κ2) is 8.96. The number of rotatable bonds is 4. The predicted octanol–water partition coefficient (Wildman–Crippen LogP) is 4.04. The third-order valence-corrected chi connectivity index (χ3v) is 7.39. The van der Waals surface area contributed by atoms with E-state index in [1.165, 1.54) is 12.8 Å². The third kappa shape index (κ3) is 4.00. The highest BCUT2D eigenvalue weighted by Crippen LogP contribution is 2.40. The second-order valence-corrected chi connectivity index (χ2v) is 9.43. The van der Waals surface area contributed by atoms with Crippen LogP contribution in [-0.2, 0) is 17.7 Å². The van der Waals surface area contributed by atoms with Crippen LogP contribution >= 0.6 is 0 Å². The van der Waals surface area contributed by atoms with Crippen LogP contribution in [0.2, 0.25) is 0 Å². The predicted molar refractivity (Wildman–Crippen MR) is 122 cm³/mol. The number of hydrogen-bond acceptors (Lipinski definition) is 5. The Morgan fingerprint density at radius 2 is 1.81 bits per heavy atom. The van der Waals surface area contributed by atoms with Crippen molar-refractivity contribution in [1.29, 1.82) is 0 Å². The number of hydrogen-bond donors (Lipinski definition) is 1. The Morgan fingerprint density at radius 3 is 2.50 bits per heavy atom. The van der Waals surface area contributed by atoms with Crippen LogP contribution in [-0.4, -0.2) is 33.2 Å². The molecule has 2 N–H and O–H groups in total. The van der Waals surface area contributed by atoms with Gasteiger partial charge in [0.15, 0.2) is 0 Å². The Labute approximate surface area is 188 Å². The molecule has 0 saturated heterocycles. The van der Waals surface area contributed by atoms with Crippen molar-refractivity contribution in [1.82, 2.24) is 14.5 Å². The van der Waals surface area contributed by atoms with Crippen LogP contribution in [0.4, 0.5) is 10.7 Å². The highest BCUT2D eigenvalue weighted by Gasteiger charge is 2.34. The molecule has 0 spiro atoms. The summed E-state index contributed by atoms with van der Waals surface area (Å²) in [5, 5.41) is 0. The van der Waals surface area contributed by atoms with Gasteiger partial charge in [0.2, 0.25) is 5.95 Å². The second-order valence-electron chi connectivity index (χ2n) is 9.43. The van der Waals surface area contributed by atoms with Crippen molar-refractivity contribution >= 4 is 12.0 Å². The molecule has 1 aromatic heterocycles. The number of fused-ring (bicyclic) bond motifs is 1. The zero-order valence-electron chi connectivity index (χ0n) is 18.5. The fourth-order valence-electron chi connectivity index (χ4n) is 5.38. The lowest BCUT2D eigenvalue weighted by molar-refractivity contribution is 0.0424. The molecular weight excluding hydrogens is 404 g/mol. The molecule has 7 nitrogen and oxygen atoms in total. The van der Waals surface area contributed by atoms with Crippen LogP contribution < -0.4 is 11.3 Å². The summed E-state index contributed by atoms with van der Waals surface area (Å²) in [5.74, 6) is 0.625. The van der Waals surface area contributed by atoms with Gasteiger partial charge in [0.25, 0.3) is 5.56 Å². The minimum Gasteiger partial charge on any atom is -0.446 e. The van der Waals surface area contributed by atoms with E-state index in [9.17, 15) is 9.59 Å². The Balaban J connectivity index is 1.41. The maximum atomic E-state index is 13.6. The molecule has 2 heterocycles. The van der Waals surface area contributed by atoms with E-state index in [0.29, 0.717) is 30.1 Å². The monoisotopic (exact) mass is 436 g/mol. The van der Waals surface area contributed by atoms with Gasteiger partial charge in [-0.1, -0.05) is 43.2 Å². The number of carbonyl (C=O) groups is 1. The fourth-order valence-corrected chi connectivity index (χ4v) is 5.38. The number of benzene rings is 1. The first-order valence-corrected chi connectivity index (χ1v) is 12.0. The zero-order chi connectivity index (χ0) is 22.1. The standard InChI is InChI=1S/C25H32N4O3/c26-24-27-21-16-28(25(31)32-19-12-5-2-6-13-19)15-14-20(21)23(30)29(24)22(18-10-7-11-18)17-8-3-1-4-9-17/h1,3-4,8-9,18-19,22H,2,5-7,10-16H2,(H2,26,27). The quantitative estimate of drug-likeness (QED) is 0.781. The molecule has 2 saturated carbocycles. The molecular formula is C25H32N4O3. The van der Waals surface area contributed by atoms with Gasteiger partial charge in [0.1, 0.15) is 6.10 Å². The molecule has 3 aliphatic rings. The Bertz CT molecular complexity index is 1030. The fraction of sp³-hybridized carbons (Fsp3) is 0.560. The first-order valence-electron chi connectivity index (χ1n) is 12.0. The van der Waals surface area contributed by atoms with Gasteiger partial charge in [0.05, 0.1) is 18.3 Å². The summed E-state index contributed by atoms with van der Waals surface area (Å²) >= 11 is 0. The van der Waals surface area contributed by atoms with Crippen LogP contribution in [0.3, 0.4) is 0 Å². The summed E-state index contributed by atoms with van der Waals surface area (Å²) in [6, 6.07) is 10.0. The van der Waals surface area contributed by atoms with Crippen molar-refractivity contribution in [3.05, 3.63) is 57.5 Å². The molecule has 1 unspecified atom stereocenters. The Hall–Kier alpha value is -2.83. The van der Waals surface area contributed by atoms with E-state index in [2.05, 4.69) is 17.1 Å². The number of nitrogens with zero attached hydrogens (tertiary/aromatic N) is 3. The molecule has 0 bridgehead atoms. The van der Waals surface area contributed by atoms with Gasteiger partial charge in [-0.05, 0) is 56.4 Å². The number of amides is 1. The SMILES string of the molecule is Nc1nc2c(c(=O)n1C(c1ccccc1)C1CCC1)CCN(C(=O)OC1CCCCC1)C2. The molecule has 2 fully saturated rings. The molecule has 7 heteroatoms. The summed E-state index contributed by atoms with van der Waals surface area (Å²) < 4.78 is 7.43. The van der Waals surface area contributed by atoms with Crippen molar-refractivity contribution < 1.29 is 9.53 Å². The number of anilines is 1. The van der Waals surface area contributed by atoms with Crippen LogP contribution in [0.25, 0.3) is 0 Å². The molecule has 1 amide bonds. The molecule has 1 atom stereocenters. The topological polar surface area (TPSA) is 90.5 Å². The lowest BCUT2D eigenvalue weighted by atomic mass is 9.77.